The molecule has 0 atom stereocenters. The van der Waals surface area contributed by atoms with Crippen molar-refractivity contribution in [2.45, 2.75) is 0 Å². The highest BCUT2D eigenvalue weighted by Crippen LogP contribution is 2.26. The van der Waals surface area contributed by atoms with Crippen molar-refractivity contribution in [3.63, 3.8) is 0 Å². The first-order valence-corrected chi connectivity index (χ1v) is 6.01. The molecule has 0 saturated carbocycles. The quantitative estimate of drug-likeness (QED) is 0.527. The van der Waals surface area contributed by atoms with Crippen LogP contribution in [0.4, 0.5) is 0 Å². The van der Waals surface area contributed by atoms with Gasteiger partial charge in [0.05, 0.1) is 7.11 Å². The van der Waals surface area contributed by atoms with Crippen LogP contribution in [0.2, 0.25) is 0 Å². The SMILES string of the molecule is COc1cc(/C=C/C(=O)Oc2ccccc2)ccc1O. The Hall–Kier alpha value is -2.75. The van der Waals surface area contributed by atoms with E-state index in [1.54, 1.807) is 42.5 Å². The molecule has 4 heteroatoms. The summed E-state index contributed by atoms with van der Waals surface area (Å²) in [5.41, 5.74) is 0.727. The number of hydrogen-bond acceptors (Lipinski definition) is 4. The van der Waals surface area contributed by atoms with E-state index in [0.29, 0.717) is 11.5 Å². The Bertz CT molecular complexity index is 618. The highest BCUT2D eigenvalue weighted by atomic mass is 16.5. The number of para-hydroxylation sites is 1. The number of phenols is 1. The summed E-state index contributed by atoms with van der Waals surface area (Å²) >= 11 is 0. The molecule has 0 spiro atoms. The normalized spacial score (nSPS) is 10.4. The van der Waals surface area contributed by atoms with Gasteiger partial charge in [-0.3, -0.25) is 0 Å². The summed E-state index contributed by atoms with van der Waals surface area (Å²) in [4.78, 5) is 11.6. The molecule has 0 heterocycles. The summed E-state index contributed by atoms with van der Waals surface area (Å²) < 4.78 is 10.1. The third-order valence-electron chi connectivity index (χ3n) is 2.58. The number of phenolic OH excluding ortho intramolecular Hbond substituents is 1. The van der Waals surface area contributed by atoms with Crippen molar-refractivity contribution in [1.82, 2.24) is 0 Å². The van der Waals surface area contributed by atoms with Gasteiger partial charge in [0.2, 0.25) is 0 Å². The molecule has 0 aliphatic heterocycles. The molecular weight excluding hydrogens is 256 g/mol. The molecule has 0 bridgehead atoms. The highest BCUT2D eigenvalue weighted by molar-refractivity contribution is 5.88. The molecule has 102 valence electrons. The van der Waals surface area contributed by atoms with Crippen LogP contribution >= 0.6 is 0 Å². The third-order valence-corrected chi connectivity index (χ3v) is 2.58. The number of ether oxygens (including phenoxy) is 2. The minimum absolute atomic E-state index is 0.0523. The molecular formula is C16H14O4. The number of methoxy groups -OCH3 is 1. The van der Waals surface area contributed by atoms with Crippen LogP contribution in [-0.2, 0) is 4.79 Å². The third kappa shape index (κ3) is 3.62. The van der Waals surface area contributed by atoms with E-state index < -0.39 is 5.97 Å². The fraction of sp³-hybridized carbons (Fsp3) is 0.0625. The van der Waals surface area contributed by atoms with E-state index in [1.807, 2.05) is 6.07 Å². The Labute approximate surface area is 116 Å². The van der Waals surface area contributed by atoms with Crippen LogP contribution in [0.15, 0.2) is 54.6 Å². The van der Waals surface area contributed by atoms with Gasteiger partial charge in [-0.15, -0.1) is 0 Å². The lowest BCUT2D eigenvalue weighted by molar-refractivity contribution is -0.128. The minimum atomic E-state index is -0.469. The van der Waals surface area contributed by atoms with Gasteiger partial charge in [0, 0.05) is 6.08 Å². The van der Waals surface area contributed by atoms with E-state index in [2.05, 4.69) is 0 Å². The maximum atomic E-state index is 11.6. The molecule has 4 nitrogen and oxygen atoms in total. The molecule has 0 radical (unpaired) electrons. The zero-order chi connectivity index (χ0) is 14.4. The number of rotatable bonds is 4. The summed E-state index contributed by atoms with van der Waals surface area (Å²) in [5, 5.41) is 9.47. The van der Waals surface area contributed by atoms with Crippen LogP contribution in [0.25, 0.3) is 6.08 Å². The van der Waals surface area contributed by atoms with E-state index in [9.17, 15) is 9.90 Å². The fourth-order valence-electron chi connectivity index (χ4n) is 1.60. The van der Waals surface area contributed by atoms with Crippen molar-refractivity contribution in [2.75, 3.05) is 7.11 Å². The van der Waals surface area contributed by atoms with E-state index in [0.717, 1.165) is 5.56 Å². The van der Waals surface area contributed by atoms with Crippen LogP contribution in [0, 0.1) is 0 Å². The Balaban J connectivity index is 2.04. The van der Waals surface area contributed by atoms with Gasteiger partial charge >= 0.3 is 5.97 Å². The first-order valence-electron chi connectivity index (χ1n) is 6.01. The fourth-order valence-corrected chi connectivity index (χ4v) is 1.60. The van der Waals surface area contributed by atoms with Crippen molar-refractivity contribution in [3.8, 4) is 17.2 Å². The Morgan fingerprint density at radius 1 is 1.15 bits per heavy atom. The molecule has 0 saturated heterocycles. The smallest absolute Gasteiger partial charge is 0.336 e. The molecule has 0 fully saturated rings. The zero-order valence-electron chi connectivity index (χ0n) is 10.9. The van der Waals surface area contributed by atoms with E-state index in [-0.39, 0.29) is 5.75 Å². The first-order chi connectivity index (χ1) is 9.69. The number of hydrogen-bond donors (Lipinski definition) is 1. The zero-order valence-corrected chi connectivity index (χ0v) is 10.9. The topological polar surface area (TPSA) is 55.8 Å². The Kier molecular flexibility index (Phi) is 4.39. The predicted octanol–water partition coefficient (Wildman–Crippen LogP) is 3.02. The second-order valence-corrected chi connectivity index (χ2v) is 4.00. The monoisotopic (exact) mass is 270 g/mol. The van der Waals surface area contributed by atoms with Gasteiger partial charge in [-0.05, 0) is 35.9 Å². The molecule has 20 heavy (non-hydrogen) atoms. The molecule has 0 aromatic heterocycles. The average molecular weight is 270 g/mol. The largest absolute Gasteiger partial charge is 0.504 e. The van der Waals surface area contributed by atoms with Crippen LogP contribution in [0.1, 0.15) is 5.56 Å². The Morgan fingerprint density at radius 3 is 2.60 bits per heavy atom. The lowest BCUT2D eigenvalue weighted by Crippen LogP contribution is -2.03. The summed E-state index contributed by atoms with van der Waals surface area (Å²) in [6.45, 7) is 0. The maximum Gasteiger partial charge on any atom is 0.336 e. The van der Waals surface area contributed by atoms with Gasteiger partial charge in [-0.2, -0.15) is 0 Å². The van der Waals surface area contributed by atoms with Crippen LogP contribution in [0.3, 0.4) is 0 Å². The predicted molar refractivity (Wildman–Crippen MR) is 75.8 cm³/mol. The Morgan fingerprint density at radius 2 is 1.90 bits per heavy atom. The highest BCUT2D eigenvalue weighted by Gasteiger charge is 2.02. The van der Waals surface area contributed by atoms with Crippen LogP contribution < -0.4 is 9.47 Å². The second kappa shape index (κ2) is 6.43. The molecule has 2 aromatic rings. The lowest BCUT2D eigenvalue weighted by atomic mass is 10.2. The number of esters is 1. The van der Waals surface area contributed by atoms with E-state index >= 15 is 0 Å². The summed E-state index contributed by atoms with van der Waals surface area (Å²) in [6, 6.07) is 13.6. The summed E-state index contributed by atoms with van der Waals surface area (Å²) in [6.07, 6.45) is 2.91. The molecule has 0 unspecified atom stereocenters. The molecule has 0 aliphatic carbocycles. The van der Waals surface area contributed by atoms with Crippen molar-refractivity contribution >= 4 is 12.0 Å². The summed E-state index contributed by atoms with van der Waals surface area (Å²) in [7, 11) is 1.46. The van der Waals surface area contributed by atoms with Crippen molar-refractivity contribution in [2.24, 2.45) is 0 Å². The van der Waals surface area contributed by atoms with Crippen LogP contribution in [0.5, 0.6) is 17.2 Å². The maximum absolute atomic E-state index is 11.6. The van der Waals surface area contributed by atoms with Crippen molar-refractivity contribution in [3.05, 3.63) is 60.2 Å². The van der Waals surface area contributed by atoms with Gasteiger partial charge in [0.15, 0.2) is 11.5 Å². The number of carbonyl (C=O) groups is 1. The van der Waals surface area contributed by atoms with Crippen molar-refractivity contribution in [1.29, 1.82) is 0 Å². The second-order valence-electron chi connectivity index (χ2n) is 4.00. The number of carbonyl (C=O) groups excluding carboxylic acids is 1. The van der Waals surface area contributed by atoms with Crippen molar-refractivity contribution < 1.29 is 19.4 Å². The molecule has 2 rings (SSSR count). The van der Waals surface area contributed by atoms with E-state index in [1.165, 1.54) is 19.3 Å². The van der Waals surface area contributed by atoms with Gasteiger partial charge in [0.1, 0.15) is 5.75 Å². The molecule has 0 aliphatic rings. The van der Waals surface area contributed by atoms with Gasteiger partial charge < -0.3 is 14.6 Å². The van der Waals surface area contributed by atoms with Gasteiger partial charge in [-0.25, -0.2) is 4.79 Å². The first kappa shape index (κ1) is 13.7. The molecule has 0 amide bonds. The van der Waals surface area contributed by atoms with Gasteiger partial charge in [-0.1, -0.05) is 24.3 Å². The molecule has 2 aromatic carbocycles. The molecule has 1 N–H and O–H groups in total. The average Bonchev–Trinajstić information content (AvgIpc) is 2.47. The standard InChI is InChI=1S/C16H14O4/c1-19-15-11-12(7-9-14(15)17)8-10-16(18)20-13-5-3-2-4-6-13/h2-11,17H,1H3/b10-8+. The van der Waals surface area contributed by atoms with E-state index in [4.69, 9.17) is 9.47 Å². The summed E-state index contributed by atoms with van der Waals surface area (Å²) in [5.74, 6) is 0.425. The van der Waals surface area contributed by atoms with Crippen LogP contribution in [-0.4, -0.2) is 18.2 Å². The number of aromatic hydroxyl groups is 1. The minimum Gasteiger partial charge on any atom is -0.504 e. The lowest BCUT2D eigenvalue weighted by Gasteiger charge is -2.03. The number of benzene rings is 2. The van der Waals surface area contributed by atoms with Gasteiger partial charge in [0.25, 0.3) is 0 Å².